The van der Waals surface area contributed by atoms with Crippen LogP contribution in [0.3, 0.4) is 0 Å². The molecule has 0 unspecified atom stereocenters. The van der Waals surface area contributed by atoms with Gasteiger partial charge in [-0.05, 0) is 18.4 Å². The minimum absolute atomic E-state index is 0.0949. The summed E-state index contributed by atoms with van der Waals surface area (Å²) in [6.07, 6.45) is 1.83. The molecule has 2 rings (SSSR count). The van der Waals surface area contributed by atoms with Crippen LogP contribution in [0, 0.1) is 0 Å². The summed E-state index contributed by atoms with van der Waals surface area (Å²) in [5.74, 6) is -0.476. The van der Waals surface area contributed by atoms with Gasteiger partial charge in [0.1, 0.15) is 0 Å². The van der Waals surface area contributed by atoms with Crippen molar-refractivity contribution in [1.82, 2.24) is 4.57 Å². The van der Waals surface area contributed by atoms with E-state index in [0.29, 0.717) is 23.0 Å². The molecule has 0 saturated carbocycles. The predicted octanol–water partition coefficient (Wildman–Crippen LogP) is 2.73. The van der Waals surface area contributed by atoms with Gasteiger partial charge in [0.2, 0.25) is 0 Å². The van der Waals surface area contributed by atoms with Gasteiger partial charge in [0.25, 0.3) is 0 Å². The van der Waals surface area contributed by atoms with Crippen LogP contribution >= 0.6 is 0 Å². The summed E-state index contributed by atoms with van der Waals surface area (Å²) in [6.45, 7) is 8.60. The second-order valence-corrected chi connectivity index (χ2v) is 5.77. The van der Waals surface area contributed by atoms with E-state index in [1.165, 1.54) is 12.1 Å². The second-order valence-electron chi connectivity index (χ2n) is 5.77. The van der Waals surface area contributed by atoms with Crippen LogP contribution in [0.25, 0.3) is 10.9 Å². The smallest absolute Gasteiger partial charge is 0.193 e. The lowest BCUT2D eigenvalue weighted by atomic mass is 9.87. The third-order valence-corrected chi connectivity index (χ3v) is 3.33. The average Bonchev–Trinajstić information content (AvgIpc) is 2.31. The van der Waals surface area contributed by atoms with Crippen LogP contribution in [0.1, 0.15) is 33.3 Å². The molecule has 0 atom stereocenters. The van der Waals surface area contributed by atoms with Gasteiger partial charge in [-0.2, -0.15) is 0 Å². The molecule has 0 amide bonds. The fraction of sp³-hybridized carbons (Fsp3) is 0.400. The first-order chi connectivity index (χ1) is 8.75. The molecular weight excluding hydrogens is 242 g/mol. The monoisotopic (exact) mass is 261 g/mol. The molecule has 0 bridgehead atoms. The van der Waals surface area contributed by atoms with Crippen molar-refractivity contribution in [3.05, 3.63) is 34.1 Å². The molecule has 1 heterocycles. The maximum Gasteiger partial charge on any atom is 0.193 e. The Balaban J connectivity index is 2.96. The molecule has 0 spiro atoms. The van der Waals surface area contributed by atoms with Gasteiger partial charge >= 0.3 is 0 Å². The van der Waals surface area contributed by atoms with Crippen LogP contribution in [0.4, 0.5) is 0 Å². The molecule has 0 fully saturated rings. The van der Waals surface area contributed by atoms with Crippen molar-refractivity contribution in [3.8, 4) is 11.5 Å². The van der Waals surface area contributed by atoms with Gasteiger partial charge in [0.15, 0.2) is 16.9 Å². The number of phenolic OH excluding ortho intramolecular Hbond substituents is 2. The Kier molecular flexibility index (Phi) is 3.04. The molecule has 1 aromatic heterocycles. The van der Waals surface area contributed by atoms with Gasteiger partial charge < -0.3 is 14.8 Å². The minimum atomic E-state index is -0.268. The number of rotatable bonds is 1. The van der Waals surface area contributed by atoms with Crippen LogP contribution in [-0.4, -0.2) is 14.8 Å². The lowest BCUT2D eigenvalue weighted by molar-refractivity contribution is 0.404. The largest absolute Gasteiger partial charge is 0.504 e. The predicted molar refractivity (Wildman–Crippen MR) is 75.9 cm³/mol. The summed E-state index contributed by atoms with van der Waals surface area (Å²) in [7, 11) is 0. The molecular formula is C15H19NO3. The highest BCUT2D eigenvalue weighted by Gasteiger charge is 2.21. The number of hydrogen-bond acceptors (Lipinski definition) is 3. The summed E-state index contributed by atoms with van der Waals surface area (Å²) in [6, 6.07) is 2.77. The van der Waals surface area contributed by atoms with Crippen molar-refractivity contribution in [3.63, 3.8) is 0 Å². The second kappa shape index (κ2) is 4.30. The molecule has 0 saturated heterocycles. The van der Waals surface area contributed by atoms with Crippen LogP contribution in [0.5, 0.6) is 11.5 Å². The summed E-state index contributed by atoms with van der Waals surface area (Å²) < 4.78 is 1.91. The van der Waals surface area contributed by atoms with E-state index in [2.05, 4.69) is 0 Å². The molecule has 0 aliphatic carbocycles. The van der Waals surface area contributed by atoms with Gasteiger partial charge in [-0.25, -0.2) is 0 Å². The van der Waals surface area contributed by atoms with E-state index in [1.54, 1.807) is 0 Å². The van der Waals surface area contributed by atoms with Crippen LogP contribution in [-0.2, 0) is 12.0 Å². The summed E-state index contributed by atoms with van der Waals surface area (Å²) in [5.41, 5.74) is 0.973. The van der Waals surface area contributed by atoms with E-state index < -0.39 is 0 Å². The molecule has 2 aromatic rings. The highest BCUT2D eigenvalue weighted by molar-refractivity contribution is 5.83. The summed E-state index contributed by atoms with van der Waals surface area (Å²) in [4.78, 5) is 12.5. The average molecular weight is 261 g/mol. The lowest BCUT2D eigenvalue weighted by Gasteiger charge is -2.21. The van der Waals surface area contributed by atoms with Crippen molar-refractivity contribution in [2.75, 3.05) is 0 Å². The highest BCUT2D eigenvalue weighted by atomic mass is 16.3. The SMILES string of the molecule is CCn1cc(C(C)(C)C)c(=O)c2cc(O)c(O)cc21. The van der Waals surface area contributed by atoms with E-state index in [9.17, 15) is 15.0 Å². The first-order valence-corrected chi connectivity index (χ1v) is 6.35. The number of fused-ring (bicyclic) bond motifs is 1. The Morgan fingerprint density at radius 2 is 1.74 bits per heavy atom. The molecule has 1 aromatic carbocycles. The number of phenols is 2. The third-order valence-electron chi connectivity index (χ3n) is 3.33. The number of benzene rings is 1. The number of pyridine rings is 1. The number of aryl methyl sites for hydroxylation is 1. The summed E-state index contributed by atoms with van der Waals surface area (Å²) >= 11 is 0. The quantitative estimate of drug-likeness (QED) is 0.776. The molecule has 0 radical (unpaired) electrons. The zero-order valence-electron chi connectivity index (χ0n) is 11.7. The normalized spacial score (nSPS) is 12.0. The van der Waals surface area contributed by atoms with Crippen molar-refractivity contribution in [2.45, 2.75) is 39.7 Å². The molecule has 19 heavy (non-hydrogen) atoms. The standard InChI is InChI=1S/C15H19NO3/c1-5-16-8-10(15(2,3)4)14(19)9-6-12(17)13(18)7-11(9)16/h6-8,17-18H,5H2,1-4H3. The maximum absolute atomic E-state index is 12.5. The number of aromatic nitrogens is 1. The molecule has 2 N–H and O–H groups in total. The molecule has 0 aliphatic heterocycles. The van der Waals surface area contributed by atoms with Crippen LogP contribution in [0.2, 0.25) is 0 Å². The number of nitrogens with zero attached hydrogens (tertiary/aromatic N) is 1. The zero-order valence-corrected chi connectivity index (χ0v) is 11.7. The Morgan fingerprint density at radius 1 is 1.16 bits per heavy atom. The zero-order chi connectivity index (χ0) is 14.4. The topological polar surface area (TPSA) is 62.5 Å². The van der Waals surface area contributed by atoms with E-state index in [1.807, 2.05) is 38.5 Å². The van der Waals surface area contributed by atoms with Crippen LogP contribution < -0.4 is 5.43 Å². The van der Waals surface area contributed by atoms with Crippen molar-refractivity contribution in [2.24, 2.45) is 0 Å². The van der Waals surface area contributed by atoms with Crippen molar-refractivity contribution < 1.29 is 10.2 Å². The molecule has 4 heteroatoms. The maximum atomic E-state index is 12.5. The summed E-state index contributed by atoms with van der Waals surface area (Å²) in [5, 5.41) is 19.6. The molecule has 4 nitrogen and oxygen atoms in total. The Hall–Kier alpha value is -1.97. The first-order valence-electron chi connectivity index (χ1n) is 6.35. The first kappa shape index (κ1) is 13.5. The van der Waals surface area contributed by atoms with Gasteiger partial charge in [0, 0.05) is 29.8 Å². The van der Waals surface area contributed by atoms with E-state index in [-0.39, 0.29) is 22.3 Å². The van der Waals surface area contributed by atoms with E-state index >= 15 is 0 Å². The highest BCUT2D eigenvalue weighted by Crippen LogP contribution is 2.30. The number of hydrogen-bond donors (Lipinski definition) is 2. The molecule has 0 aliphatic rings. The fourth-order valence-corrected chi connectivity index (χ4v) is 2.21. The minimum Gasteiger partial charge on any atom is -0.504 e. The van der Waals surface area contributed by atoms with Gasteiger partial charge in [-0.15, -0.1) is 0 Å². The Bertz CT molecular complexity index is 693. The lowest BCUT2D eigenvalue weighted by Crippen LogP contribution is -2.25. The van der Waals surface area contributed by atoms with E-state index in [4.69, 9.17) is 0 Å². The molecule has 102 valence electrons. The Morgan fingerprint density at radius 3 is 2.26 bits per heavy atom. The van der Waals surface area contributed by atoms with Gasteiger partial charge in [0.05, 0.1) is 5.52 Å². The third kappa shape index (κ3) is 2.18. The number of aromatic hydroxyl groups is 2. The van der Waals surface area contributed by atoms with Crippen LogP contribution in [0.15, 0.2) is 23.1 Å². The van der Waals surface area contributed by atoms with Gasteiger partial charge in [-0.3, -0.25) is 4.79 Å². The fourth-order valence-electron chi connectivity index (χ4n) is 2.21. The van der Waals surface area contributed by atoms with E-state index in [0.717, 1.165) is 0 Å². The van der Waals surface area contributed by atoms with Crippen molar-refractivity contribution >= 4 is 10.9 Å². The van der Waals surface area contributed by atoms with Gasteiger partial charge in [-0.1, -0.05) is 20.8 Å². The van der Waals surface area contributed by atoms with Crippen molar-refractivity contribution in [1.29, 1.82) is 0 Å². The Labute approximate surface area is 111 Å².